The van der Waals surface area contributed by atoms with Crippen LogP contribution >= 0.6 is 38.9 Å². The molecule has 0 atom stereocenters. The van der Waals surface area contributed by atoms with Crippen LogP contribution in [-0.2, 0) is 0 Å². The highest BCUT2D eigenvalue weighted by atomic mass is 79.9. The highest BCUT2D eigenvalue weighted by Gasteiger charge is 2.07. The van der Waals surface area contributed by atoms with Crippen molar-refractivity contribution in [3.63, 3.8) is 0 Å². The summed E-state index contributed by atoms with van der Waals surface area (Å²) in [7, 11) is 0. The van der Waals surface area contributed by atoms with Crippen molar-refractivity contribution >= 4 is 59.9 Å². The molecule has 2 nitrogen and oxygen atoms in total. The predicted octanol–water partition coefficient (Wildman–Crippen LogP) is 5.76. The molecule has 0 aliphatic heterocycles. The van der Waals surface area contributed by atoms with Crippen LogP contribution in [0.2, 0.25) is 5.02 Å². The maximum atomic E-state index is 6.08. The molecule has 0 spiro atoms. The number of nitrogens with one attached hydrogen (secondary N) is 1. The molecule has 5 heteroatoms. The highest BCUT2D eigenvalue weighted by Crippen LogP contribution is 2.34. The first-order valence-electron chi connectivity index (χ1n) is 5.72. The summed E-state index contributed by atoms with van der Waals surface area (Å²) in [6.07, 6.45) is 0. The number of aryl methyl sites for hydroxylation is 1. The molecular weight excluding hydrogens is 344 g/mol. The predicted molar refractivity (Wildman–Crippen MR) is 86.8 cm³/mol. The van der Waals surface area contributed by atoms with Crippen molar-refractivity contribution in [1.29, 1.82) is 0 Å². The lowest BCUT2D eigenvalue weighted by molar-refractivity contribution is 1.42. The lowest BCUT2D eigenvalue weighted by Gasteiger charge is -2.05. The zero-order valence-electron chi connectivity index (χ0n) is 10.1. The topological polar surface area (TPSA) is 24.9 Å². The van der Waals surface area contributed by atoms with Crippen LogP contribution in [-0.4, -0.2) is 4.98 Å². The van der Waals surface area contributed by atoms with Crippen LogP contribution in [0.4, 0.5) is 10.8 Å². The van der Waals surface area contributed by atoms with Crippen LogP contribution in [0.3, 0.4) is 0 Å². The molecule has 1 N–H and O–H groups in total. The van der Waals surface area contributed by atoms with Crippen LogP contribution in [0.25, 0.3) is 10.2 Å². The van der Waals surface area contributed by atoms with Gasteiger partial charge in [0.15, 0.2) is 5.13 Å². The molecule has 1 aromatic heterocycles. The first kappa shape index (κ1) is 12.9. The van der Waals surface area contributed by atoms with Crippen LogP contribution in [0.1, 0.15) is 5.56 Å². The van der Waals surface area contributed by atoms with Gasteiger partial charge in [-0.05, 0) is 52.7 Å². The number of nitrogens with zero attached hydrogens (tertiary/aromatic N) is 1. The van der Waals surface area contributed by atoms with Gasteiger partial charge in [-0.2, -0.15) is 0 Å². The molecule has 19 heavy (non-hydrogen) atoms. The number of rotatable bonds is 2. The quantitative estimate of drug-likeness (QED) is 0.633. The molecule has 0 fully saturated rings. The van der Waals surface area contributed by atoms with Crippen LogP contribution in [0, 0.1) is 6.92 Å². The zero-order valence-corrected chi connectivity index (χ0v) is 13.2. The van der Waals surface area contributed by atoms with E-state index >= 15 is 0 Å². The number of fused-ring (bicyclic) bond motifs is 1. The van der Waals surface area contributed by atoms with Gasteiger partial charge in [0.25, 0.3) is 0 Å². The third kappa shape index (κ3) is 2.61. The maximum Gasteiger partial charge on any atom is 0.188 e. The van der Waals surface area contributed by atoms with Gasteiger partial charge in [-0.25, -0.2) is 4.98 Å². The third-order valence-corrected chi connectivity index (χ3v) is 5.09. The number of aromatic nitrogens is 1. The Labute approximate surface area is 128 Å². The molecule has 0 amide bonds. The normalized spacial score (nSPS) is 10.9. The summed E-state index contributed by atoms with van der Waals surface area (Å²) in [6.45, 7) is 2.07. The van der Waals surface area contributed by atoms with E-state index in [1.54, 1.807) is 11.3 Å². The molecule has 96 valence electrons. The Morgan fingerprint density at radius 3 is 2.95 bits per heavy atom. The van der Waals surface area contributed by atoms with Gasteiger partial charge < -0.3 is 5.32 Å². The Hall–Kier alpha value is -1.10. The van der Waals surface area contributed by atoms with Crippen LogP contribution < -0.4 is 5.32 Å². The summed E-state index contributed by atoms with van der Waals surface area (Å²) >= 11 is 11.2. The van der Waals surface area contributed by atoms with Gasteiger partial charge in [0.1, 0.15) is 0 Å². The second-order valence-electron chi connectivity index (χ2n) is 4.22. The Morgan fingerprint density at radius 1 is 1.26 bits per heavy atom. The zero-order chi connectivity index (χ0) is 13.4. The molecule has 0 saturated heterocycles. The van der Waals surface area contributed by atoms with E-state index in [4.69, 9.17) is 11.6 Å². The Morgan fingerprint density at radius 2 is 2.11 bits per heavy atom. The minimum absolute atomic E-state index is 0.682. The number of thiazole rings is 1. The first-order chi connectivity index (χ1) is 9.13. The molecule has 0 aliphatic rings. The molecule has 1 heterocycles. The van der Waals surface area contributed by atoms with E-state index in [9.17, 15) is 0 Å². The van der Waals surface area contributed by atoms with Gasteiger partial charge in [0.2, 0.25) is 0 Å². The van der Waals surface area contributed by atoms with Gasteiger partial charge in [-0.15, -0.1) is 0 Å². The van der Waals surface area contributed by atoms with Gasteiger partial charge >= 0.3 is 0 Å². The van der Waals surface area contributed by atoms with E-state index in [0.29, 0.717) is 5.02 Å². The van der Waals surface area contributed by atoms with Gasteiger partial charge in [-0.3, -0.25) is 0 Å². The minimum atomic E-state index is 0.682. The number of anilines is 2. The van der Waals surface area contributed by atoms with Crippen molar-refractivity contribution < 1.29 is 0 Å². The smallest absolute Gasteiger partial charge is 0.188 e. The summed E-state index contributed by atoms with van der Waals surface area (Å²) in [6, 6.07) is 12.0. The highest BCUT2D eigenvalue weighted by molar-refractivity contribution is 9.10. The van der Waals surface area contributed by atoms with Gasteiger partial charge in [0, 0.05) is 0 Å². The fourth-order valence-corrected chi connectivity index (χ4v) is 3.20. The fraction of sp³-hybridized carbons (Fsp3) is 0.0714. The molecule has 3 aromatic rings. The van der Waals surface area contributed by atoms with Crippen molar-refractivity contribution in [2.75, 3.05) is 5.32 Å². The van der Waals surface area contributed by atoms with E-state index < -0.39 is 0 Å². The molecule has 0 bridgehead atoms. The summed E-state index contributed by atoms with van der Waals surface area (Å²) in [5.41, 5.74) is 3.15. The van der Waals surface area contributed by atoms with Crippen molar-refractivity contribution in [3.05, 3.63) is 51.5 Å². The summed E-state index contributed by atoms with van der Waals surface area (Å²) in [4.78, 5) is 4.58. The average molecular weight is 354 g/mol. The van der Waals surface area contributed by atoms with Crippen LogP contribution in [0.15, 0.2) is 40.9 Å². The molecular formula is C14H10BrClN2S. The number of hydrogen-bond acceptors (Lipinski definition) is 3. The van der Waals surface area contributed by atoms with Gasteiger partial charge in [0.05, 0.1) is 25.4 Å². The lowest BCUT2D eigenvalue weighted by atomic mass is 10.2. The Bertz CT molecular complexity index is 754. The summed E-state index contributed by atoms with van der Waals surface area (Å²) in [5.74, 6) is 0. The molecule has 3 rings (SSSR count). The Balaban J connectivity index is 1.99. The van der Waals surface area contributed by atoms with E-state index in [1.165, 1.54) is 10.3 Å². The monoisotopic (exact) mass is 352 g/mol. The Kier molecular flexibility index (Phi) is 3.48. The number of halogens is 2. The van der Waals surface area contributed by atoms with E-state index in [2.05, 4.69) is 51.4 Å². The largest absolute Gasteiger partial charge is 0.331 e. The maximum absolute atomic E-state index is 6.08. The molecule has 0 unspecified atom stereocenters. The fourth-order valence-electron chi connectivity index (χ4n) is 1.81. The van der Waals surface area contributed by atoms with Crippen molar-refractivity contribution in [3.8, 4) is 0 Å². The second kappa shape index (κ2) is 5.12. The standard InChI is InChI=1S/C14H10BrClN2S/c1-8-5-6-12-11(7-8)18-14(19-12)17-10-4-2-3-9(16)13(10)15/h2-7H,1H3,(H,17,18). The second-order valence-corrected chi connectivity index (χ2v) is 6.45. The average Bonchev–Trinajstić information content (AvgIpc) is 2.76. The molecule has 0 saturated carbocycles. The lowest BCUT2D eigenvalue weighted by Crippen LogP contribution is -1.90. The number of hydrogen-bond donors (Lipinski definition) is 1. The van der Waals surface area contributed by atoms with E-state index in [-0.39, 0.29) is 0 Å². The van der Waals surface area contributed by atoms with E-state index in [1.807, 2.05) is 18.2 Å². The molecule has 2 aromatic carbocycles. The van der Waals surface area contributed by atoms with Crippen molar-refractivity contribution in [1.82, 2.24) is 4.98 Å². The van der Waals surface area contributed by atoms with Crippen LogP contribution in [0.5, 0.6) is 0 Å². The first-order valence-corrected chi connectivity index (χ1v) is 7.70. The van der Waals surface area contributed by atoms with E-state index in [0.717, 1.165) is 20.8 Å². The molecule has 0 radical (unpaired) electrons. The number of benzene rings is 2. The van der Waals surface area contributed by atoms with Gasteiger partial charge in [-0.1, -0.05) is 35.1 Å². The van der Waals surface area contributed by atoms with Crippen molar-refractivity contribution in [2.45, 2.75) is 6.92 Å². The third-order valence-electron chi connectivity index (χ3n) is 2.74. The minimum Gasteiger partial charge on any atom is -0.331 e. The summed E-state index contributed by atoms with van der Waals surface area (Å²) < 4.78 is 2.03. The SMILES string of the molecule is Cc1ccc2sc(Nc3cccc(Cl)c3Br)nc2c1. The van der Waals surface area contributed by atoms with Crippen molar-refractivity contribution in [2.24, 2.45) is 0 Å². The summed E-state index contributed by atoms with van der Waals surface area (Å²) in [5, 5.41) is 4.84. The molecule has 0 aliphatic carbocycles.